The maximum absolute atomic E-state index is 14.3. The number of amides is 1. The van der Waals surface area contributed by atoms with Crippen LogP contribution in [-0.4, -0.2) is 46.4 Å². The molecule has 11 heteroatoms. The zero-order valence-corrected chi connectivity index (χ0v) is 18.1. The number of hydrogen-bond acceptors (Lipinski definition) is 5. The highest BCUT2D eigenvalue weighted by Crippen LogP contribution is 2.25. The minimum Gasteiger partial charge on any atom is -0.322 e. The first-order valence-electron chi connectivity index (χ1n) is 9.17. The summed E-state index contributed by atoms with van der Waals surface area (Å²) in [5.74, 6) is -1.57. The lowest BCUT2D eigenvalue weighted by Gasteiger charge is -2.16. The van der Waals surface area contributed by atoms with E-state index < -0.39 is 36.7 Å². The molecule has 0 unspecified atom stereocenters. The van der Waals surface area contributed by atoms with Gasteiger partial charge in [0.15, 0.2) is 0 Å². The van der Waals surface area contributed by atoms with Crippen molar-refractivity contribution in [2.45, 2.75) is 24.7 Å². The largest absolute Gasteiger partial charge is 0.322 e. The quantitative estimate of drug-likeness (QED) is 0.695. The minimum absolute atomic E-state index is 0.0348. The van der Waals surface area contributed by atoms with Gasteiger partial charge in [0.05, 0.1) is 11.9 Å². The lowest BCUT2D eigenvalue weighted by molar-refractivity contribution is 0.102. The van der Waals surface area contributed by atoms with Gasteiger partial charge in [0.1, 0.15) is 10.7 Å². The summed E-state index contributed by atoms with van der Waals surface area (Å²) in [6, 6.07) is 7.80. The molecule has 162 valence electrons. The molecule has 2 aromatic carbocycles. The van der Waals surface area contributed by atoms with Crippen molar-refractivity contribution >= 4 is 37.3 Å². The Kier molecular flexibility index (Phi) is 6.16. The number of hydrogen-bond donors (Lipinski definition) is 2. The summed E-state index contributed by atoms with van der Waals surface area (Å²) >= 11 is 0. The Morgan fingerprint density at radius 3 is 2.33 bits per heavy atom. The van der Waals surface area contributed by atoms with Crippen molar-refractivity contribution < 1.29 is 26.0 Å². The second-order valence-corrected chi connectivity index (χ2v) is 10.8. The molecular formula is C19H22FN3O5S2. The number of aryl methyl sites for hydroxylation is 1. The molecule has 2 aromatic rings. The molecule has 0 aliphatic carbocycles. The van der Waals surface area contributed by atoms with Gasteiger partial charge >= 0.3 is 0 Å². The van der Waals surface area contributed by atoms with E-state index in [1.807, 2.05) is 0 Å². The van der Waals surface area contributed by atoms with E-state index in [0.29, 0.717) is 42.9 Å². The van der Waals surface area contributed by atoms with Crippen molar-refractivity contribution in [3.63, 3.8) is 0 Å². The van der Waals surface area contributed by atoms with Crippen LogP contribution in [0.5, 0.6) is 0 Å². The van der Waals surface area contributed by atoms with Crippen LogP contribution in [0.25, 0.3) is 0 Å². The Morgan fingerprint density at radius 1 is 1.03 bits per heavy atom. The van der Waals surface area contributed by atoms with Gasteiger partial charge in [-0.05, 0) is 55.7 Å². The van der Waals surface area contributed by atoms with Gasteiger partial charge in [0, 0.05) is 24.3 Å². The third-order valence-electron chi connectivity index (χ3n) is 4.67. The lowest BCUT2D eigenvalue weighted by atomic mass is 10.1. The van der Waals surface area contributed by atoms with E-state index in [-0.39, 0.29) is 5.56 Å². The van der Waals surface area contributed by atoms with Gasteiger partial charge in [-0.1, -0.05) is 6.07 Å². The highest BCUT2D eigenvalue weighted by Gasteiger charge is 2.30. The molecule has 0 aromatic heterocycles. The van der Waals surface area contributed by atoms with Crippen LogP contribution in [0.1, 0.15) is 28.8 Å². The summed E-state index contributed by atoms with van der Waals surface area (Å²) < 4.78 is 66.2. The van der Waals surface area contributed by atoms with Crippen molar-refractivity contribution in [3.8, 4) is 0 Å². The predicted molar refractivity (Wildman–Crippen MR) is 112 cm³/mol. The van der Waals surface area contributed by atoms with Gasteiger partial charge in [-0.25, -0.2) is 21.2 Å². The van der Waals surface area contributed by atoms with Crippen LogP contribution in [0, 0.1) is 12.7 Å². The van der Waals surface area contributed by atoms with E-state index in [0.717, 1.165) is 18.4 Å². The molecule has 1 aliphatic heterocycles. The van der Waals surface area contributed by atoms with Gasteiger partial charge in [0.2, 0.25) is 20.0 Å². The van der Waals surface area contributed by atoms with Gasteiger partial charge in [-0.2, -0.15) is 4.31 Å². The van der Waals surface area contributed by atoms with E-state index in [9.17, 15) is 26.0 Å². The zero-order valence-electron chi connectivity index (χ0n) is 16.5. The van der Waals surface area contributed by atoms with E-state index in [2.05, 4.69) is 10.0 Å². The van der Waals surface area contributed by atoms with Gasteiger partial charge in [-0.3, -0.25) is 9.52 Å². The molecule has 30 heavy (non-hydrogen) atoms. The molecule has 0 bridgehead atoms. The normalized spacial score (nSPS) is 15.2. The number of benzene rings is 2. The Hall–Kier alpha value is -2.50. The molecule has 0 radical (unpaired) electrons. The van der Waals surface area contributed by atoms with Crippen LogP contribution in [0.4, 0.5) is 15.8 Å². The predicted octanol–water partition coefficient (Wildman–Crippen LogP) is 2.54. The van der Waals surface area contributed by atoms with Gasteiger partial charge in [0.25, 0.3) is 5.91 Å². The highest BCUT2D eigenvalue weighted by molar-refractivity contribution is 7.92. The second kappa shape index (κ2) is 8.32. The van der Waals surface area contributed by atoms with Gasteiger partial charge < -0.3 is 5.32 Å². The molecule has 1 fully saturated rings. The molecule has 1 saturated heterocycles. The molecule has 3 rings (SSSR count). The van der Waals surface area contributed by atoms with E-state index >= 15 is 0 Å². The van der Waals surface area contributed by atoms with Crippen LogP contribution >= 0.6 is 0 Å². The number of anilines is 2. The van der Waals surface area contributed by atoms with Crippen LogP contribution in [0.2, 0.25) is 0 Å². The van der Waals surface area contributed by atoms with Crippen molar-refractivity contribution in [2.24, 2.45) is 0 Å². The Balaban J connectivity index is 1.87. The number of carbonyl (C=O) groups excluding carboxylic acids is 1. The fraction of sp³-hybridized carbons (Fsp3) is 0.316. The molecule has 1 amide bonds. The zero-order chi connectivity index (χ0) is 22.1. The average Bonchev–Trinajstić information content (AvgIpc) is 3.19. The second-order valence-electron chi connectivity index (χ2n) is 7.11. The number of rotatable bonds is 6. The smallest absolute Gasteiger partial charge is 0.255 e. The molecule has 0 saturated carbocycles. The Bertz CT molecular complexity index is 1190. The van der Waals surface area contributed by atoms with Crippen molar-refractivity contribution in [3.05, 3.63) is 53.3 Å². The summed E-state index contributed by atoms with van der Waals surface area (Å²) in [6.45, 7) is 2.34. The summed E-state index contributed by atoms with van der Waals surface area (Å²) in [5, 5.41) is 2.57. The SMILES string of the molecule is Cc1ccc(NC(=O)c2ccc(F)c(S(=O)(=O)N3CCCC3)c2)cc1NS(C)(=O)=O. The first-order valence-corrected chi connectivity index (χ1v) is 12.5. The standard InChI is InChI=1S/C19H22FN3O5S2/c1-13-5-7-15(12-17(13)22-29(2,25)26)21-19(24)14-6-8-16(20)18(11-14)30(27,28)23-9-3-4-10-23/h5-8,11-12,22H,3-4,9-10H2,1-2H3,(H,21,24). The maximum Gasteiger partial charge on any atom is 0.255 e. The van der Waals surface area contributed by atoms with Crippen molar-refractivity contribution in [1.29, 1.82) is 0 Å². The van der Waals surface area contributed by atoms with E-state index in [4.69, 9.17) is 0 Å². The topological polar surface area (TPSA) is 113 Å². The van der Waals surface area contributed by atoms with Crippen molar-refractivity contribution in [1.82, 2.24) is 4.31 Å². The molecular weight excluding hydrogens is 433 g/mol. The summed E-state index contributed by atoms with van der Waals surface area (Å²) in [5.41, 5.74) is 1.21. The molecule has 0 atom stereocenters. The highest BCUT2D eigenvalue weighted by atomic mass is 32.2. The molecule has 1 aliphatic rings. The van der Waals surface area contributed by atoms with Crippen LogP contribution in [-0.2, 0) is 20.0 Å². The molecule has 8 nitrogen and oxygen atoms in total. The van der Waals surface area contributed by atoms with Crippen LogP contribution in [0.3, 0.4) is 0 Å². The van der Waals surface area contributed by atoms with Crippen molar-refractivity contribution in [2.75, 3.05) is 29.4 Å². The number of nitrogens with zero attached hydrogens (tertiary/aromatic N) is 1. The fourth-order valence-corrected chi connectivity index (χ4v) is 5.35. The molecule has 0 spiro atoms. The first-order chi connectivity index (χ1) is 14.0. The number of carbonyl (C=O) groups is 1. The number of sulfonamides is 2. The average molecular weight is 456 g/mol. The Morgan fingerprint density at radius 2 is 1.70 bits per heavy atom. The summed E-state index contributed by atoms with van der Waals surface area (Å²) in [6.07, 6.45) is 2.43. The van der Waals surface area contributed by atoms with E-state index in [1.165, 1.54) is 16.4 Å². The fourth-order valence-electron chi connectivity index (χ4n) is 3.12. The Labute approximate surface area is 175 Å². The van der Waals surface area contributed by atoms with E-state index in [1.54, 1.807) is 19.1 Å². The third-order valence-corrected chi connectivity index (χ3v) is 7.17. The number of nitrogens with one attached hydrogen (secondary N) is 2. The molecule has 2 N–H and O–H groups in total. The lowest BCUT2D eigenvalue weighted by Crippen LogP contribution is -2.29. The van der Waals surface area contributed by atoms with Crippen LogP contribution in [0.15, 0.2) is 41.3 Å². The molecule has 1 heterocycles. The monoisotopic (exact) mass is 455 g/mol. The summed E-state index contributed by atoms with van der Waals surface area (Å²) in [7, 11) is -7.54. The minimum atomic E-state index is -4.03. The first kappa shape index (κ1) is 22.2. The van der Waals surface area contributed by atoms with Gasteiger partial charge in [-0.15, -0.1) is 0 Å². The maximum atomic E-state index is 14.3. The van der Waals surface area contributed by atoms with Crippen LogP contribution < -0.4 is 10.0 Å². The third kappa shape index (κ3) is 4.97. The summed E-state index contributed by atoms with van der Waals surface area (Å²) in [4.78, 5) is 12.1. The number of halogens is 1.